The number of carbonyl (C=O) groups is 1. The largest absolute Gasteiger partial charge is 0.348 e. The second kappa shape index (κ2) is 9.11. The van der Waals surface area contributed by atoms with Crippen molar-refractivity contribution in [2.75, 3.05) is 0 Å². The third-order valence-corrected chi connectivity index (χ3v) is 6.79. The van der Waals surface area contributed by atoms with Crippen LogP contribution in [0.5, 0.6) is 0 Å². The van der Waals surface area contributed by atoms with Crippen molar-refractivity contribution in [1.29, 1.82) is 0 Å². The number of benzene rings is 3. The molecule has 1 heterocycles. The van der Waals surface area contributed by atoms with Gasteiger partial charge in [-0.05, 0) is 84.7 Å². The van der Waals surface area contributed by atoms with E-state index in [1.165, 1.54) is 34.5 Å². The highest BCUT2D eigenvalue weighted by molar-refractivity contribution is 5.94. The number of rotatable bonds is 5. The molecule has 0 radical (unpaired) electrons. The molecule has 3 aromatic carbocycles. The molecule has 0 saturated carbocycles. The number of nitrogens with one attached hydrogen (secondary N) is 1. The third-order valence-electron chi connectivity index (χ3n) is 6.79. The van der Waals surface area contributed by atoms with E-state index in [4.69, 9.17) is 0 Å². The summed E-state index contributed by atoms with van der Waals surface area (Å²) >= 11 is 0. The van der Waals surface area contributed by atoms with Crippen LogP contribution in [0, 0.1) is 12.8 Å². The average Bonchev–Trinajstić information content (AvgIpc) is 3.22. The average molecular weight is 435 g/mol. The zero-order valence-corrected chi connectivity index (χ0v) is 19.3. The molecule has 0 fully saturated rings. The van der Waals surface area contributed by atoms with Crippen LogP contribution in [0.1, 0.15) is 46.1 Å². The molecule has 0 bridgehead atoms. The molecular weight excluding hydrogens is 404 g/mol. The first-order valence-corrected chi connectivity index (χ1v) is 11.8. The van der Waals surface area contributed by atoms with Crippen molar-refractivity contribution >= 4 is 5.91 Å². The van der Waals surface area contributed by atoms with E-state index in [2.05, 4.69) is 84.4 Å². The predicted octanol–water partition coefficient (Wildman–Crippen LogP) is 6.51. The maximum absolute atomic E-state index is 12.8. The maximum Gasteiger partial charge on any atom is 0.251 e. The Morgan fingerprint density at radius 1 is 0.970 bits per heavy atom. The molecule has 3 heteroatoms. The fraction of sp³-hybridized carbons (Fsp3) is 0.233. The van der Waals surface area contributed by atoms with Crippen LogP contribution in [0.15, 0.2) is 84.9 Å². The fourth-order valence-corrected chi connectivity index (χ4v) is 4.88. The number of carbonyl (C=O) groups excluding carboxylic acids is 1. The monoisotopic (exact) mass is 434 g/mol. The summed E-state index contributed by atoms with van der Waals surface area (Å²) in [5, 5.41) is 3.06. The van der Waals surface area contributed by atoms with Crippen LogP contribution < -0.4 is 5.32 Å². The lowest BCUT2D eigenvalue weighted by Gasteiger charge is -2.21. The molecule has 1 N–H and O–H groups in total. The molecule has 0 spiro atoms. The molecule has 1 aliphatic carbocycles. The van der Waals surface area contributed by atoms with Gasteiger partial charge in [0.25, 0.3) is 5.91 Å². The lowest BCUT2D eigenvalue weighted by Crippen LogP contribution is -2.23. The molecule has 0 aliphatic heterocycles. The van der Waals surface area contributed by atoms with Crippen LogP contribution >= 0.6 is 0 Å². The van der Waals surface area contributed by atoms with Crippen molar-refractivity contribution in [1.82, 2.24) is 9.88 Å². The summed E-state index contributed by atoms with van der Waals surface area (Å²) in [6.45, 7) is 4.95. The van der Waals surface area contributed by atoms with Crippen LogP contribution in [0.4, 0.5) is 0 Å². The number of nitrogens with zero attached hydrogens (tertiary/aromatic N) is 1. The highest BCUT2D eigenvalue weighted by Crippen LogP contribution is 2.35. The first-order valence-electron chi connectivity index (χ1n) is 11.8. The Bertz CT molecular complexity index is 1270. The Morgan fingerprint density at radius 2 is 1.70 bits per heavy atom. The Balaban J connectivity index is 1.43. The second-order valence-corrected chi connectivity index (χ2v) is 9.21. The van der Waals surface area contributed by atoms with Crippen molar-refractivity contribution in [2.24, 2.45) is 5.92 Å². The van der Waals surface area contributed by atoms with Crippen molar-refractivity contribution in [3.05, 3.63) is 113 Å². The van der Waals surface area contributed by atoms with E-state index in [9.17, 15) is 4.79 Å². The first-order chi connectivity index (χ1) is 16.1. The minimum atomic E-state index is -0.0450. The van der Waals surface area contributed by atoms with Crippen LogP contribution in [-0.2, 0) is 19.4 Å². The number of aryl methyl sites for hydroxylation is 1. The molecule has 4 aromatic rings. The van der Waals surface area contributed by atoms with Crippen LogP contribution in [0.2, 0.25) is 0 Å². The SMILES string of the molecule is Cc1ccccc1CNC(=O)c1ccc(-n2c(-c3ccccc3)cc3c2CCC(C)C3)cc1. The number of aromatic nitrogens is 1. The van der Waals surface area contributed by atoms with Crippen molar-refractivity contribution in [3.8, 4) is 16.9 Å². The molecule has 1 aliphatic rings. The van der Waals surface area contributed by atoms with E-state index < -0.39 is 0 Å². The van der Waals surface area contributed by atoms with Gasteiger partial charge in [-0.1, -0.05) is 61.5 Å². The molecule has 0 saturated heterocycles. The van der Waals surface area contributed by atoms with E-state index in [1.54, 1.807) is 0 Å². The Kier molecular flexibility index (Phi) is 5.87. The van der Waals surface area contributed by atoms with E-state index in [1.807, 2.05) is 24.3 Å². The van der Waals surface area contributed by atoms with Gasteiger partial charge < -0.3 is 9.88 Å². The Labute approximate surface area is 196 Å². The van der Waals surface area contributed by atoms with E-state index >= 15 is 0 Å². The van der Waals surface area contributed by atoms with Gasteiger partial charge in [-0.2, -0.15) is 0 Å². The van der Waals surface area contributed by atoms with Gasteiger partial charge in [0.05, 0.1) is 5.69 Å². The second-order valence-electron chi connectivity index (χ2n) is 9.21. The number of fused-ring (bicyclic) bond motifs is 1. The summed E-state index contributed by atoms with van der Waals surface area (Å²) in [4.78, 5) is 12.8. The summed E-state index contributed by atoms with van der Waals surface area (Å²) in [7, 11) is 0. The topological polar surface area (TPSA) is 34.0 Å². The van der Waals surface area contributed by atoms with Crippen molar-refractivity contribution < 1.29 is 4.79 Å². The molecule has 1 amide bonds. The van der Waals surface area contributed by atoms with Crippen LogP contribution in [0.25, 0.3) is 16.9 Å². The van der Waals surface area contributed by atoms with Gasteiger partial charge in [-0.3, -0.25) is 4.79 Å². The Hall–Kier alpha value is -3.59. The minimum absolute atomic E-state index is 0.0450. The van der Waals surface area contributed by atoms with Gasteiger partial charge in [0.2, 0.25) is 0 Å². The highest BCUT2D eigenvalue weighted by Gasteiger charge is 2.23. The molecular formula is C30H30N2O. The molecule has 3 nitrogen and oxygen atoms in total. The zero-order chi connectivity index (χ0) is 22.8. The van der Waals surface area contributed by atoms with Gasteiger partial charge in [0.1, 0.15) is 0 Å². The molecule has 5 rings (SSSR count). The summed E-state index contributed by atoms with van der Waals surface area (Å²) < 4.78 is 2.39. The van der Waals surface area contributed by atoms with Crippen LogP contribution in [-0.4, -0.2) is 10.5 Å². The van der Waals surface area contributed by atoms with Crippen molar-refractivity contribution in [2.45, 2.75) is 39.7 Å². The lowest BCUT2D eigenvalue weighted by atomic mass is 9.89. The lowest BCUT2D eigenvalue weighted by molar-refractivity contribution is 0.0951. The van der Waals surface area contributed by atoms with E-state index in [-0.39, 0.29) is 5.91 Å². The van der Waals surface area contributed by atoms with Crippen LogP contribution in [0.3, 0.4) is 0 Å². The summed E-state index contributed by atoms with van der Waals surface area (Å²) in [5.41, 5.74) is 9.43. The fourth-order valence-electron chi connectivity index (χ4n) is 4.88. The van der Waals surface area contributed by atoms with Gasteiger partial charge in [0.15, 0.2) is 0 Å². The molecule has 1 unspecified atom stereocenters. The highest BCUT2D eigenvalue weighted by atomic mass is 16.1. The smallest absolute Gasteiger partial charge is 0.251 e. The summed E-state index contributed by atoms with van der Waals surface area (Å²) in [6, 6.07) is 29.1. The summed E-state index contributed by atoms with van der Waals surface area (Å²) in [6.07, 6.45) is 3.42. The van der Waals surface area contributed by atoms with E-state index in [0.29, 0.717) is 12.1 Å². The Morgan fingerprint density at radius 3 is 2.45 bits per heavy atom. The molecule has 33 heavy (non-hydrogen) atoms. The van der Waals surface area contributed by atoms with E-state index in [0.717, 1.165) is 30.0 Å². The third kappa shape index (κ3) is 4.36. The number of amides is 1. The predicted molar refractivity (Wildman–Crippen MR) is 135 cm³/mol. The molecule has 1 aromatic heterocycles. The van der Waals surface area contributed by atoms with Gasteiger partial charge in [-0.15, -0.1) is 0 Å². The molecule has 1 atom stereocenters. The van der Waals surface area contributed by atoms with Gasteiger partial charge >= 0.3 is 0 Å². The summed E-state index contributed by atoms with van der Waals surface area (Å²) in [5.74, 6) is 0.674. The zero-order valence-electron chi connectivity index (χ0n) is 19.3. The van der Waals surface area contributed by atoms with Crippen molar-refractivity contribution in [3.63, 3.8) is 0 Å². The standard InChI is InChI=1S/C30H30N2O/c1-21-12-17-28-26(18-21)19-29(23-9-4-3-5-10-23)32(28)27-15-13-24(14-16-27)30(33)31-20-25-11-7-6-8-22(25)2/h3-11,13-16,19,21H,12,17-18,20H2,1-2H3,(H,31,33). The molecule has 166 valence electrons. The number of hydrogen-bond donors (Lipinski definition) is 1. The maximum atomic E-state index is 12.8. The number of hydrogen-bond acceptors (Lipinski definition) is 1. The van der Waals surface area contributed by atoms with Gasteiger partial charge in [-0.25, -0.2) is 0 Å². The first kappa shape index (κ1) is 21.3. The minimum Gasteiger partial charge on any atom is -0.348 e. The van der Waals surface area contributed by atoms with Gasteiger partial charge in [0, 0.05) is 23.5 Å². The quantitative estimate of drug-likeness (QED) is 0.382. The normalized spacial score (nSPS) is 15.2.